The molecule has 1 saturated heterocycles. The molecule has 4 heteroatoms. The van der Waals surface area contributed by atoms with Gasteiger partial charge in [0.15, 0.2) is 0 Å². The third-order valence-corrected chi connectivity index (χ3v) is 6.72. The van der Waals surface area contributed by atoms with Gasteiger partial charge >= 0.3 is 0 Å². The smallest absolute Gasteiger partial charge is 0.226 e. The van der Waals surface area contributed by atoms with Crippen LogP contribution < -0.4 is 5.73 Å². The Balaban J connectivity index is 1.42. The maximum atomic E-state index is 12.7. The summed E-state index contributed by atoms with van der Waals surface area (Å²) in [5.41, 5.74) is 7.52. The van der Waals surface area contributed by atoms with E-state index in [4.69, 9.17) is 5.73 Å². The summed E-state index contributed by atoms with van der Waals surface area (Å²) in [5, 5.41) is 2.14. The lowest BCUT2D eigenvalue weighted by atomic mass is 9.98. The van der Waals surface area contributed by atoms with E-state index >= 15 is 0 Å². The summed E-state index contributed by atoms with van der Waals surface area (Å²) in [4.78, 5) is 16.2. The first-order valence-electron chi connectivity index (χ1n) is 7.73. The van der Waals surface area contributed by atoms with Crippen LogP contribution in [-0.2, 0) is 4.79 Å². The van der Waals surface area contributed by atoms with Gasteiger partial charge in [-0.25, -0.2) is 0 Å². The van der Waals surface area contributed by atoms with Crippen LogP contribution in [0.2, 0.25) is 0 Å². The van der Waals surface area contributed by atoms with Crippen LogP contribution in [0.25, 0.3) is 0 Å². The zero-order valence-corrected chi connectivity index (χ0v) is 12.7. The van der Waals surface area contributed by atoms with Gasteiger partial charge in [-0.2, -0.15) is 0 Å². The van der Waals surface area contributed by atoms with Crippen LogP contribution in [0.4, 0.5) is 0 Å². The lowest BCUT2D eigenvalue weighted by Gasteiger charge is -2.19. The number of nitrogens with two attached hydrogens (primary N) is 1. The second-order valence-corrected chi connectivity index (χ2v) is 7.77. The molecule has 3 aliphatic rings. The summed E-state index contributed by atoms with van der Waals surface area (Å²) in [5.74, 6) is 2.39. The maximum absolute atomic E-state index is 12.7. The van der Waals surface area contributed by atoms with Gasteiger partial charge in [0.05, 0.1) is 0 Å². The number of nitrogens with zero attached hydrogens (tertiary/aromatic N) is 1. The number of rotatable bonds is 2. The Bertz CT molecular complexity index is 540. The van der Waals surface area contributed by atoms with Crippen LogP contribution in [0.1, 0.15) is 35.6 Å². The minimum absolute atomic E-state index is 0.252. The van der Waals surface area contributed by atoms with Crippen molar-refractivity contribution in [3.05, 3.63) is 21.9 Å². The molecule has 108 valence electrons. The number of aryl methyl sites for hydroxylation is 1. The molecule has 2 heterocycles. The Morgan fingerprint density at radius 3 is 2.95 bits per heavy atom. The summed E-state index contributed by atoms with van der Waals surface area (Å²) in [6.45, 7) is 4.03. The molecule has 0 radical (unpaired) electrons. The zero-order valence-electron chi connectivity index (χ0n) is 11.9. The second-order valence-electron chi connectivity index (χ2n) is 6.82. The molecule has 2 saturated carbocycles. The first-order chi connectivity index (χ1) is 9.65. The Labute approximate surface area is 124 Å². The van der Waals surface area contributed by atoms with Gasteiger partial charge in [0.1, 0.15) is 0 Å². The highest BCUT2D eigenvalue weighted by atomic mass is 32.1. The van der Waals surface area contributed by atoms with Gasteiger partial charge in [-0.15, -0.1) is 11.3 Å². The van der Waals surface area contributed by atoms with Gasteiger partial charge in [0.25, 0.3) is 0 Å². The number of carbonyl (C=O) groups is 1. The molecule has 20 heavy (non-hydrogen) atoms. The van der Waals surface area contributed by atoms with Crippen LogP contribution in [0, 0.1) is 24.7 Å². The van der Waals surface area contributed by atoms with Crippen molar-refractivity contribution in [2.45, 2.75) is 38.1 Å². The van der Waals surface area contributed by atoms with Gasteiger partial charge in [-0.05, 0) is 55.0 Å². The van der Waals surface area contributed by atoms with Gasteiger partial charge in [0.2, 0.25) is 5.91 Å². The Morgan fingerprint density at radius 2 is 2.25 bits per heavy atom. The predicted octanol–water partition coefficient (Wildman–Crippen LogP) is 2.36. The molecular weight excluding hydrogens is 268 g/mol. The number of hydrogen-bond acceptors (Lipinski definition) is 3. The number of fused-ring (bicyclic) bond motifs is 1. The second kappa shape index (κ2) is 4.57. The number of carbonyl (C=O) groups excluding carboxylic acids is 1. The van der Waals surface area contributed by atoms with Gasteiger partial charge < -0.3 is 10.6 Å². The van der Waals surface area contributed by atoms with E-state index in [1.165, 1.54) is 16.9 Å². The first kappa shape index (κ1) is 12.8. The topological polar surface area (TPSA) is 46.3 Å². The highest BCUT2D eigenvalue weighted by Gasteiger charge is 2.50. The molecule has 2 aliphatic carbocycles. The Kier molecular flexibility index (Phi) is 2.93. The van der Waals surface area contributed by atoms with Crippen molar-refractivity contribution >= 4 is 17.2 Å². The van der Waals surface area contributed by atoms with Crippen molar-refractivity contribution in [3.63, 3.8) is 0 Å². The molecule has 3 nitrogen and oxygen atoms in total. The van der Waals surface area contributed by atoms with Gasteiger partial charge in [0, 0.05) is 35.8 Å². The van der Waals surface area contributed by atoms with E-state index in [2.05, 4.69) is 23.3 Å². The van der Waals surface area contributed by atoms with Crippen LogP contribution in [0.15, 0.2) is 11.4 Å². The van der Waals surface area contributed by atoms with Crippen LogP contribution in [0.5, 0.6) is 0 Å². The molecule has 1 aromatic heterocycles. The molecule has 4 rings (SSSR count). The van der Waals surface area contributed by atoms with Crippen LogP contribution >= 0.6 is 11.3 Å². The normalized spacial score (nSPS) is 39.1. The molecule has 5 unspecified atom stereocenters. The van der Waals surface area contributed by atoms with E-state index in [0.717, 1.165) is 25.9 Å². The maximum Gasteiger partial charge on any atom is 0.226 e. The summed E-state index contributed by atoms with van der Waals surface area (Å²) in [6.07, 6.45) is 3.42. The van der Waals surface area contributed by atoms with E-state index in [-0.39, 0.29) is 5.92 Å². The lowest BCUT2D eigenvalue weighted by Crippen LogP contribution is -2.34. The minimum atomic E-state index is 0.252. The average molecular weight is 290 g/mol. The van der Waals surface area contributed by atoms with E-state index in [0.29, 0.717) is 29.7 Å². The highest BCUT2D eigenvalue weighted by molar-refractivity contribution is 7.10. The highest BCUT2D eigenvalue weighted by Crippen LogP contribution is 2.52. The van der Waals surface area contributed by atoms with E-state index in [9.17, 15) is 4.79 Å². The summed E-state index contributed by atoms with van der Waals surface area (Å²) < 4.78 is 0. The fourth-order valence-electron chi connectivity index (χ4n) is 4.24. The van der Waals surface area contributed by atoms with Crippen molar-refractivity contribution < 1.29 is 4.79 Å². The van der Waals surface area contributed by atoms with Crippen molar-refractivity contribution in [1.82, 2.24) is 4.90 Å². The molecule has 1 aliphatic heterocycles. The molecule has 1 amide bonds. The number of thiophene rings is 1. The van der Waals surface area contributed by atoms with Crippen molar-refractivity contribution in [1.29, 1.82) is 0 Å². The minimum Gasteiger partial charge on any atom is -0.342 e. The largest absolute Gasteiger partial charge is 0.342 e. The summed E-state index contributed by atoms with van der Waals surface area (Å²) in [7, 11) is 0. The third-order valence-electron chi connectivity index (χ3n) is 5.57. The standard InChI is InChI=1S/C16H22N2OS/c1-9-4-5-20-15(9)11-6-12(11)16(19)18-7-10-2-3-14(17)13(10)8-18/h4-5,10-14H,2-3,6-8,17H2,1H3. The van der Waals surface area contributed by atoms with Crippen LogP contribution in [-0.4, -0.2) is 29.9 Å². The van der Waals surface area contributed by atoms with E-state index in [1.807, 2.05) is 11.3 Å². The predicted molar refractivity (Wildman–Crippen MR) is 80.7 cm³/mol. The summed E-state index contributed by atoms with van der Waals surface area (Å²) >= 11 is 1.81. The van der Waals surface area contributed by atoms with Crippen molar-refractivity contribution in [2.75, 3.05) is 13.1 Å². The van der Waals surface area contributed by atoms with E-state index in [1.54, 1.807) is 0 Å². The Morgan fingerprint density at radius 1 is 1.40 bits per heavy atom. The van der Waals surface area contributed by atoms with E-state index < -0.39 is 0 Å². The number of likely N-dealkylation sites (tertiary alicyclic amines) is 1. The number of hydrogen-bond donors (Lipinski definition) is 1. The molecule has 5 atom stereocenters. The van der Waals surface area contributed by atoms with Gasteiger partial charge in [-0.1, -0.05) is 0 Å². The monoisotopic (exact) mass is 290 g/mol. The fourth-order valence-corrected chi connectivity index (χ4v) is 5.35. The molecule has 1 aromatic rings. The first-order valence-corrected chi connectivity index (χ1v) is 8.61. The van der Waals surface area contributed by atoms with Gasteiger partial charge in [-0.3, -0.25) is 4.79 Å². The fraction of sp³-hybridized carbons (Fsp3) is 0.688. The van der Waals surface area contributed by atoms with Crippen molar-refractivity contribution in [2.24, 2.45) is 23.5 Å². The third kappa shape index (κ3) is 1.92. The number of amides is 1. The molecule has 0 aromatic carbocycles. The molecule has 0 bridgehead atoms. The quantitative estimate of drug-likeness (QED) is 0.909. The summed E-state index contributed by atoms with van der Waals surface area (Å²) in [6, 6.07) is 2.49. The molecule has 0 spiro atoms. The molecule has 2 N–H and O–H groups in total. The van der Waals surface area contributed by atoms with Crippen molar-refractivity contribution in [3.8, 4) is 0 Å². The average Bonchev–Trinajstić information content (AvgIpc) is 2.76. The SMILES string of the molecule is Cc1ccsc1C1CC1C(=O)N1CC2CCC(N)C2C1. The lowest BCUT2D eigenvalue weighted by molar-refractivity contribution is -0.131. The van der Waals surface area contributed by atoms with Crippen LogP contribution in [0.3, 0.4) is 0 Å². The zero-order chi connectivity index (χ0) is 13.9. The Hall–Kier alpha value is -0.870. The molecular formula is C16H22N2OS. The molecule has 3 fully saturated rings.